The van der Waals surface area contributed by atoms with Gasteiger partial charge in [0.1, 0.15) is 0 Å². The van der Waals surface area contributed by atoms with E-state index in [0.29, 0.717) is 5.92 Å². The number of carbonyl (C=O) groups is 1. The molecule has 0 bridgehead atoms. The van der Waals surface area contributed by atoms with Gasteiger partial charge >= 0.3 is 6.03 Å². The highest BCUT2D eigenvalue weighted by Crippen LogP contribution is 1.91. The number of allylic oxidation sites excluding steroid dienone is 1. The summed E-state index contributed by atoms with van der Waals surface area (Å²) in [5, 5.41) is 5.52. The van der Waals surface area contributed by atoms with E-state index in [2.05, 4.69) is 43.2 Å². The van der Waals surface area contributed by atoms with Crippen LogP contribution in [0.15, 0.2) is 12.3 Å². The molecule has 0 heterocycles. The minimum atomic E-state index is -0.124. The predicted molar refractivity (Wildman–Crippen MR) is 72.9 cm³/mol. The van der Waals surface area contributed by atoms with Crippen LogP contribution in [0.1, 0.15) is 34.1 Å². The first-order valence-electron chi connectivity index (χ1n) is 6.53. The standard InChI is InChI=1S/C13H27N3O/c1-5-16(6-2)11-7-9-14-13(17)15-10-8-12(3)4/h8,10,12H,5-7,9,11H2,1-4H3,(H2,14,15,17)/b10-8+. The summed E-state index contributed by atoms with van der Waals surface area (Å²) in [6.07, 6.45) is 4.64. The van der Waals surface area contributed by atoms with Crippen LogP contribution >= 0.6 is 0 Å². The second kappa shape index (κ2) is 10.1. The molecule has 4 nitrogen and oxygen atoms in total. The molecule has 0 aromatic rings. The summed E-state index contributed by atoms with van der Waals surface area (Å²) in [6, 6.07) is -0.124. The van der Waals surface area contributed by atoms with E-state index < -0.39 is 0 Å². The van der Waals surface area contributed by atoms with Gasteiger partial charge in [0.05, 0.1) is 0 Å². The molecule has 2 amide bonds. The Morgan fingerprint density at radius 3 is 2.47 bits per heavy atom. The van der Waals surface area contributed by atoms with Gasteiger partial charge in [0.25, 0.3) is 0 Å². The number of rotatable bonds is 8. The number of hydrogen-bond donors (Lipinski definition) is 2. The van der Waals surface area contributed by atoms with Gasteiger partial charge in [0, 0.05) is 12.7 Å². The average molecular weight is 241 g/mol. The van der Waals surface area contributed by atoms with Crippen LogP contribution in [0.5, 0.6) is 0 Å². The quantitative estimate of drug-likeness (QED) is 0.640. The molecule has 0 spiro atoms. The fraction of sp³-hybridized carbons (Fsp3) is 0.769. The van der Waals surface area contributed by atoms with Crippen LogP contribution in [0.3, 0.4) is 0 Å². The molecule has 0 rings (SSSR count). The highest BCUT2D eigenvalue weighted by atomic mass is 16.2. The molecule has 0 aromatic carbocycles. The Morgan fingerprint density at radius 1 is 1.29 bits per heavy atom. The average Bonchev–Trinajstić information content (AvgIpc) is 2.29. The highest BCUT2D eigenvalue weighted by Gasteiger charge is 1.99. The summed E-state index contributed by atoms with van der Waals surface area (Å²) in [6.45, 7) is 12.3. The van der Waals surface area contributed by atoms with Crippen LogP contribution in [0.25, 0.3) is 0 Å². The third-order valence-corrected chi connectivity index (χ3v) is 2.53. The second-order valence-electron chi connectivity index (χ2n) is 4.38. The van der Waals surface area contributed by atoms with Gasteiger partial charge < -0.3 is 15.5 Å². The number of urea groups is 1. The van der Waals surface area contributed by atoms with E-state index in [1.54, 1.807) is 6.20 Å². The summed E-state index contributed by atoms with van der Waals surface area (Å²) in [7, 11) is 0. The number of amides is 2. The van der Waals surface area contributed by atoms with Gasteiger partial charge in [-0.05, 0) is 32.0 Å². The molecule has 4 heteroatoms. The van der Waals surface area contributed by atoms with E-state index in [-0.39, 0.29) is 6.03 Å². The SMILES string of the molecule is CCN(CC)CCCNC(=O)N/C=C/C(C)C. The van der Waals surface area contributed by atoms with E-state index in [0.717, 1.165) is 32.6 Å². The zero-order valence-electron chi connectivity index (χ0n) is 11.6. The summed E-state index contributed by atoms with van der Waals surface area (Å²) in [5.74, 6) is 0.456. The van der Waals surface area contributed by atoms with E-state index in [1.807, 2.05) is 6.08 Å². The molecule has 17 heavy (non-hydrogen) atoms. The highest BCUT2D eigenvalue weighted by molar-refractivity contribution is 5.74. The molecule has 0 aliphatic carbocycles. The second-order valence-corrected chi connectivity index (χ2v) is 4.38. The first-order chi connectivity index (χ1) is 8.10. The maximum absolute atomic E-state index is 11.3. The van der Waals surface area contributed by atoms with Crippen molar-refractivity contribution in [1.29, 1.82) is 0 Å². The molecular weight excluding hydrogens is 214 g/mol. The van der Waals surface area contributed by atoms with Gasteiger partial charge in [0.15, 0.2) is 0 Å². The van der Waals surface area contributed by atoms with E-state index in [1.165, 1.54) is 0 Å². The lowest BCUT2D eigenvalue weighted by atomic mass is 10.2. The molecule has 0 aliphatic rings. The Kier molecular flexibility index (Phi) is 9.53. The summed E-state index contributed by atoms with van der Waals surface area (Å²) in [4.78, 5) is 13.7. The first kappa shape index (κ1) is 16.0. The number of nitrogens with one attached hydrogen (secondary N) is 2. The van der Waals surface area contributed by atoms with Crippen molar-refractivity contribution in [1.82, 2.24) is 15.5 Å². The minimum absolute atomic E-state index is 0.124. The molecule has 0 fully saturated rings. The van der Waals surface area contributed by atoms with E-state index in [9.17, 15) is 4.79 Å². The summed E-state index contributed by atoms with van der Waals surface area (Å²) >= 11 is 0. The molecule has 0 aromatic heterocycles. The minimum Gasteiger partial charge on any atom is -0.338 e. The maximum Gasteiger partial charge on any atom is 0.318 e. The van der Waals surface area contributed by atoms with Gasteiger partial charge in [-0.1, -0.05) is 33.8 Å². The van der Waals surface area contributed by atoms with Crippen molar-refractivity contribution in [3.8, 4) is 0 Å². The molecule has 0 saturated carbocycles. The number of nitrogens with zero attached hydrogens (tertiary/aromatic N) is 1. The monoisotopic (exact) mass is 241 g/mol. The lowest BCUT2D eigenvalue weighted by Crippen LogP contribution is -2.34. The molecule has 0 atom stereocenters. The molecule has 0 saturated heterocycles. The van der Waals surface area contributed by atoms with Crippen molar-refractivity contribution in [3.63, 3.8) is 0 Å². The van der Waals surface area contributed by atoms with Gasteiger partial charge in [0.2, 0.25) is 0 Å². The van der Waals surface area contributed by atoms with Crippen LogP contribution in [-0.4, -0.2) is 37.1 Å². The number of hydrogen-bond acceptors (Lipinski definition) is 2. The molecular formula is C13H27N3O. The van der Waals surface area contributed by atoms with Crippen LogP contribution in [-0.2, 0) is 0 Å². The molecule has 0 aliphatic heterocycles. The Bertz CT molecular complexity index is 223. The molecule has 0 radical (unpaired) electrons. The zero-order chi connectivity index (χ0) is 13.1. The largest absolute Gasteiger partial charge is 0.338 e. The third-order valence-electron chi connectivity index (χ3n) is 2.53. The van der Waals surface area contributed by atoms with Gasteiger partial charge in [-0.2, -0.15) is 0 Å². The van der Waals surface area contributed by atoms with Crippen LogP contribution < -0.4 is 10.6 Å². The third kappa shape index (κ3) is 9.87. The fourth-order valence-corrected chi connectivity index (χ4v) is 1.41. The van der Waals surface area contributed by atoms with Crippen molar-refractivity contribution in [2.45, 2.75) is 34.1 Å². The van der Waals surface area contributed by atoms with Crippen molar-refractivity contribution in [3.05, 3.63) is 12.3 Å². The molecule has 2 N–H and O–H groups in total. The summed E-state index contributed by atoms with van der Waals surface area (Å²) in [5.41, 5.74) is 0. The Labute approximate surface area is 105 Å². The lowest BCUT2D eigenvalue weighted by molar-refractivity contribution is 0.242. The van der Waals surface area contributed by atoms with Crippen LogP contribution in [0, 0.1) is 5.92 Å². The Morgan fingerprint density at radius 2 is 1.94 bits per heavy atom. The first-order valence-corrected chi connectivity index (χ1v) is 6.53. The number of carbonyl (C=O) groups excluding carboxylic acids is 1. The van der Waals surface area contributed by atoms with E-state index in [4.69, 9.17) is 0 Å². The van der Waals surface area contributed by atoms with Crippen molar-refractivity contribution in [2.75, 3.05) is 26.2 Å². The molecule has 100 valence electrons. The van der Waals surface area contributed by atoms with Crippen molar-refractivity contribution < 1.29 is 4.79 Å². The van der Waals surface area contributed by atoms with E-state index >= 15 is 0 Å². The van der Waals surface area contributed by atoms with Crippen molar-refractivity contribution in [2.24, 2.45) is 5.92 Å². The zero-order valence-corrected chi connectivity index (χ0v) is 11.6. The van der Waals surface area contributed by atoms with Crippen molar-refractivity contribution >= 4 is 6.03 Å². The maximum atomic E-state index is 11.3. The lowest BCUT2D eigenvalue weighted by Gasteiger charge is -2.17. The smallest absolute Gasteiger partial charge is 0.318 e. The fourth-order valence-electron chi connectivity index (χ4n) is 1.41. The summed E-state index contributed by atoms with van der Waals surface area (Å²) < 4.78 is 0. The van der Waals surface area contributed by atoms with Crippen LogP contribution in [0.2, 0.25) is 0 Å². The molecule has 0 unspecified atom stereocenters. The van der Waals surface area contributed by atoms with Gasteiger partial charge in [-0.3, -0.25) is 0 Å². The Balaban J connectivity index is 3.51. The van der Waals surface area contributed by atoms with Gasteiger partial charge in [-0.25, -0.2) is 4.79 Å². The normalized spacial score (nSPS) is 11.4. The van der Waals surface area contributed by atoms with Crippen LogP contribution in [0.4, 0.5) is 4.79 Å². The predicted octanol–water partition coefficient (Wildman–Crippen LogP) is 2.19. The van der Waals surface area contributed by atoms with Gasteiger partial charge in [-0.15, -0.1) is 0 Å². The Hall–Kier alpha value is -1.03. The topological polar surface area (TPSA) is 44.4 Å².